The van der Waals surface area contributed by atoms with Crippen LogP contribution in [-0.4, -0.2) is 50.2 Å². The molecule has 0 aliphatic carbocycles. The fraction of sp³-hybridized carbons (Fsp3) is 0.381. The summed E-state index contributed by atoms with van der Waals surface area (Å²) in [5, 5.41) is 0. The van der Waals surface area contributed by atoms with Crippen molar-refractivity contribution in [1.29, 1.82) is 0 Å². The summed E-state index contributed by atoms with van der Waals surface area (Å²) in [7, 11) is 0. The Balaban J connectivity index is 1.36. The van der Waals surface area contributed by atoms with Crippen LogP contribution in [0, 0.1) is 6.92 Å². The van der Waals surface area contributed by atoms with Gasteiger partial charge in [0, 0.05) is 37.9 Å². The Bertz CT molecular complexity index is 798. The summed E-state index contributed by atoms with van der Waals surface area (Å²) in [5.41, 5.74) is 3.41. The zero-order valence-corrected chi connectivity index (χ0v) is 15.1. The van der Waals surface area contributed by atoms with Gasteiger partial charge in [0.25, 0.3) is 0 Å². The predicted octanol–water partition coefficient (Wildman–Crippen LogP) is 2.66. The highest BCUT2D eigenvalue weighted by atomic mass is 16.6. The first kappa shape index (κ1) is 16.8. The van der Waals surface area contributed by atoms with Crippen LogP contribution in [0.2, 0.25) is 0 Å². The normalized spacial score (nSPS) is 16.5. The maximum absolute atomic E-state index is 12.6. The standard InChI is InChI=1S/C21H24N2O3/c1-16-3-2-4-17(13-16)14-21(24)23-9-7-22(8-10-23)18-5-6-19-20(15-18)26-12-11-25-19/h2-6,13,15H,7-12,14H2,1H3. The number of carbonyl (C=O) groups is 1. The molecule has 1 amide bonds. The SMILES string of the molecule is Cc1cccc(CC(=O)N2CCN(c3ccc4c(c3)OCCO4)CC2)c1. The van der Waals surface area contributed by atoms with Crippen LogP contribution in [0.25, 0.3) is 0 Å². The lowest BCUT2D eigenvalue weighted by Crippen LogP contribution is -2.49. The van der Waals surface area contributed by atoms with E-state index in [-0.39, 0.29) is 5.91 Å². The van der Waals surface area contributed by atoms with E-state index < -0.39 is 0 Å². The minimum atomic E-state index is 0.206. The lowest BCUT2D eigenvalue weighted by Gasteiger charge is -2.36. The smallest absolute Gasteiger partial charge is 0.227 e. The molecule has 5 heteroatoms. The van der Waals surface area contributed by atoms with E-state index in [1.54, 1.807) is 0 Å². The molecule has 2 aliphatic heterocycles. The molecule has 2 aliphatic rings. The number of fused-ring (bicyclic) bond motifs is 1. The van der Waals surface area contributed by atoms with Gasteiger partial charge in [0.2, 0.25) is 5.91 Å². The third kappa shape index (κ3) is 3.62. The number of rotatable bonds is 3. The molecule has 136 valence electrons. The van der Waals surface area contributed by atoms with Crippen molar-refractivity contribution in [3.8, 4) is 11.5 Å². The number of carbonyl (C=O) groups excluding carboxylic acids is 1. The highest BCUT2D eigenvalue weighted by Crippen LogP contribution is 2.34. The number of nitrogens with zero attached hydrogens (tertiary/aromatic N) is 2. The fourth-order valence-corrected chi connectivity index (χ4v) is 3.55. The van der Waals surface area contributed by atoms with E-state index in [1.807, 2.05) is 29.2 Å². The van der Waals surface area contributed by atoms with Crippen LogP contribution >= 0.6 is 0 Å². The van der Waals surface area contributed by atoms with Crippen LogP contribution in [0.15, 0.2) is 42.5 Å². The van der Waals surface area contributed by atoms with E-state index in [0.29, 0.717) is 19.6 Å². The Morgan fingerprint density at radius 2 is 1.73 bits per heavy atom. The monoisotopic (exact) mass is 352 g/mol. The summed E-state index contributed by atoms with van der Waals surface area (Å²) in [4.78, 5) is 16.9. The van der Waals surface area contributed by atoms with Crippen molar-refractivity contribution in [2.24, 2.45) is 0 Å². The molecule has 0 radical (unpaired) electrons. The van der Waals surface area contributed by atoms with Crippen LogP contribution in [0.4, 0.5) is 5.69 Å². The molecule has 5 nitrogen and oxygen atoms in total. The maximum atomic E-state index is 12.6. The first-order valence-electron chi connectivity index (χ1n) is 9.17. The number of benzene rings is 2. The summed E-state index contributed by atoms with van der Waals surface area (Å²) in [5.74, 6) is 1.83. The van der Waals surface area contributed by atoms with E-state index in [0.717, 1.165) is 48.9 Å². The average Bonchev–Trinajstić information content (AvgIpc) is 2.68. The van der Waals surface area contributed by atoms with Crippen molar-refractivity contribution >= 4 is 11.6 Å². The van der Waals surface area contributed by atoms with Crippen LogP contribution in [-0.2, 0) is 11.2 Å². The highest BCUT2D eigenvalue weighted by Gasteiger charge is 2.22. The van der Waals surface area contributed by atoms with Crippen LogP contribution in [0.1, 0.15) is 11.1 Å². The summed E-state index contributed by atoms with van der Waals surface area (Å²) >= 11 is 0. The summed E-state index contributed by atoms with van der Waals surface area (Å²) in [6.45, 7) is 6.42. The maximum Gasteiger partial charge on any atom is 0.227 e. The van der Waals surface area contributed by atoms with Gasteiger partial charge in [0.05, 0.1) is 6.42 Å². The number of amides is 1. The molecular formula is C21H24N2O3. The number of ether oxygens (including phenoxy) is 2. The van der Waals surface area contributed by atoms with Crippen molar-refractivity contribution in [3.63, 3.8) is 0 Å². The Morgan fingerprint density at radius 1 is 0.962 bits per heavy atom. The third-order valence-corrected chi connectivity index (χ3v) is 4.96. The minimum absolute atomic E-state index is 0.206. The molecule has 0 N–H and O–H groups in total. The van der Waals surface area contributed by atoms with Crippen LogP contribution in [0.5, 0.6) is 11.5 Å². The second-order valence-electron chi connectivity index (χ2n) is 6.86. The molecule has 0 saturated carbocycles. The molecule has 0 atom stereocenters. The fourth-order valence-electron chi connectivity index (χ4n) is 3.55. The number of hydrogen-bond donors (Lipinski definition) is 0. The molecule has 2 heterocycles. The largest absolute Gasteiger partial charge is 0.486 e. The first-order valence-corrected chi connectivity index (χ1v) is 9.17. The molecule has 26 heavy (non-hydrogen) atoms. The molecule has 0 unspecified atom stereocenters. The van der Waals surface area contributed by atoms with E-state index >= 15 is 0 Å². The summed E-state index contributed by atoms with van der Waals surface area (Å²) < 4.78 is 11.3. The van der Waals surface area contributed by atoms with Gasteiger partial charge in [-0.15, -0.1) is 0 Å². The van der Waals surface area contributed by atoms with Gasteiger partial charge in [-0.25, -0.2) is 0 Å². The lowest BCUT2D eigenvalue weighted by atomic mass is 10.1. The van der Waals surface area contributed by atoms with Gasteiger partial charge >= 0.3 is 0 Å². The molecule has 0 bridgehead atoms. The second kappa shape index (κ2) is 7.28. The topological polar surface area (TPSA) is 42.0 Å². The number of aryl methyl sites for hydroxylation is 1. The van der Waals surface area contributed by atoms with E-state index in [9.17, 15) is 4.79 Å². The lowest BCUT2D eigenvalue weighted by molar-refractivity contribution is -0.130. The van der Waals surface area contributed by atoms with Gasteiger partial charge in [-0.05, 0) is 24.6 Å². The Kier molecular flexibility index (Phi) is 4.69. The Hall–Kier alpha value is -2.69. The van der Waals surface area contributed by atoms with Crippen LogP contribution < -0.4 is 14.4 Å². The van der Waals surface area contributed by atoms with Crippen molar-refractivity contribution in [2.75, 3.05) is 44.3 Å². The molecule has 4 rings (SSSR count). The minimum Gasteiger partial charge on any atom is -0.486 e. The molecule has 1 fully saturated rings. The van der Waals surface area contributed by atoms with Gasteiger partial charge in [-0.2, -0.15) is 0 Å². The first-order chi connectivity index (χ1) is 12.7. The molecule has 2 aromatic rings. The zero-order valence-electron chi connectivity index (χ0n) is 15.1. The average molecular weight is 352 g/mol. The van der Waals surface area contributed by atoms with Gasteiger partial charge in [0.1, 0.15) is 13.2 Å². The second-order valence-corrected chi connectivity index (χ2v) is 6.86. The van der Waals surface area contributed by atoms with Crippen LogP contribution in [0.3, 0.4) is 0 Å². The summed E-state index contributed by atoms with van der Waals surface area (Å²) in [6, 6.07) is 14.3. The van der Waals surface area contributed by atoms with E-state index in [4.69, 9.17) is 9.47 Å². The summed E-state index contributed by atoms with van der Waals surface area (Å²) in [6.07, 6.45) is 0.478. The van der Waals surface area contributed by atoms with E-state index in [1.165, 1.54) is 5.56 Å². The number of piperazine rings is 1. The predicted molar refractivity (Wildman–Crippen MR) is 101 cm³/mol. The molecule has 2 aromatic carbocycles. The van der Waals surface area contributed by atoms with Gasteiger partial charge < -0.3 is 19.3 Å². The molecule has 0 spiro atoms. The molecule has 1 saturated heterocycles. The zero-order chi connectivity index (χ0) is 17.9. The van der Waals surface area contributed by atoms with E-state index in [2.05, 4.69) is 30.0 Å². The molecular weight excluding hydrogens is 328 g/mol. The van der Waals surface area contributed by atoms with Gasteiger partial charge in [-0.3, -0.25) is 4.79 Å². The van der Waals surface area contributed by atoms with Gasteiger partial charge in [-0.1, -0.05) is 29.8 Å². The molecule has 0 aromatic heterocycles. The third-order valence-electron chi connectivity index (χ3n) is 4.96. The van der Waals surface area contributed by atoms with Gasteiger partial charge in [0.15, 0.2) is 11.5 Å². The Labute approximate surface area is 154 Å². The van der Waals surface area contributed by atoms with Crippen molar-refractivity contribution in [2.45, 2.75) is 13.3 Å². The number of hydrogen-bond acceptors (Lipinski definition) is 4. The highest BCUT2D eigenvalue weighted by molar-refractivity contribution is 5.79. The number of anilines is 1. The van der Waals surface area contributed by atoms with Crippen molar-refractivity contribution in [3.05, 3.63) is 53.6 Å². The quantitative estimate of drug-likeness (QED) is 0.852. The Morgan fingerprint density at radius 3 is 2.50 bits per heavy atom. The van der Waals surface area contributed by atoms with Crippen molar-refractivity contribution in [1.82, 2.24) is 4.90 Å². The van der Waals surface area contributed by atoms with Crippen molar-refractivity contribution < 1.29 is 14.3 Å².